The molecule has 0 bridgehead atoms. The largest absolute Gasteiger partial charge is 0.493 e. The van der Waals surface area contributed by atoms with Crippen molar-refractivity contribution in [1.82, 2.24) is 0 Å². The van der Waals surface area contributed by atoms with Gasteiger partial charge < -0.3 is 14.2 Å². The van der Waals surface area contributed by atoms with Gasteiger partial charge >= 0.3 is 11.9 Å². The van der Waals surface area contributed by atoms with Gasteiger partial charge in [0, 0.05) is 0 Å². The van der Waals surface area contributed by atoms with Crippen LogP contribution in [0.5, 0.6) is 5.75 Å². The molecule has 0 amide bonds. The summed E-state index contributed by atoms with van der Waals surface area (Å²) < 4.78 is 15.1. The molecule has 25 heavy (non-hydrogen) atoms. The Bertz CT molecular complexity index is 591. The molecule has 1 fully saturated rings. The number of ether oxygens (including phenoxy) is 3. The third kappa shape index (κ3) is 5.62. The van der Waals surface area contributed by atoms with Crippen LogP contribution in [0.15, 0.2) is 29.8 Å². The maximum atomic E-state index is 11.7. The van der Waals surface area contributed by atoms with Crippen LogP contribution in [-0.2, 0) is 19.1 Å². The third-order valence-electron chi connectivity index (χ3n) is 4.62. The molecule has 2 rings (SSSR count). The summed E-state index contributed by atoms with van der Waals surface area (Å²) >= 11 is 0. The molecule has 1 aromatic carbocycles. The van der Waals surface area contributed by atoms with Crippen LogP contribution in [0.2, 0.25) is 0 Å². The van der Waals surface area contributed by atoms with Gasteiger partial charge in [0.1, 0.15) is 11.3 Å². The van der Waals surface area contributed by atoms with Gasteiger partial charge in [0.2, 0.25) is 0 Å². The number of hydrogen-bond acceptors (Lipinski definition) is 5. The summed E-state index contributed by atoms with van der Waals surface area (Å²) in [5.74, 6) is 0.799. The first-order valence-electron chi connectivity index (χ1n) is 8.64. The van der Waals surface area contributed by atoms with Gasteiger partial charge in [0.05, 0.1) is 20.8 Å². The molecule has 5 nitrogen and oxygen atoms in total. The average molecular weight is 346 g/mol. The van der Waals surface area contributed by atoms with Gasteiger partial charge in [-0.25, -0.2) is 9.59 Å². The first-order valence-corrected chi connectivity index (χ1v) is 8.64. The molecule has 1 aliphatic rings. The van der Waals surface area contributed by atoms with E-state index in [0.29, 0.717) is 11.5 Å². The van der Waals surface area contributed by atoms with Crippen molar-refractivity contribution in [3.8, 4) is 5.75 Å². The lowest BCUT2D eigenvalue weighted by molar-refractivity contribution is -0.143. The summed E-state index contributed by atoms with van der Waals surface area (Å²) in [6.07, 6.45) is 6.46. The normalized spacial score (nSPS) is 19.6. The van der Waals surface area contributed by atoms with Gasteiger partial charge in [0.15, 0.2) is 0 Å². The Morgan fingerprint density at radius 1 is 1.00 bits per heavy atom. The molecule has 0 spiro atoms. The highest BCUT2D eigenvalue weighted by Crippen LogP contribution is 2.28. The molecule has 0 aromatic heterocycles. The van der Waals surface area contributed by atoms with E-state index >= 15 is 0 Å². The minimum atomic E-state index is -0.723. The second-order valence-electron chi connectivity index (χ2n) is 6.55. The summed E-state index contributed by atoms with van der Waals surface area (Å²) in [6, 6.07) is 7.27. The van der Waals surface area contributed by atoms with Crippen LogP contribution in [0.4, 0.5) is 0 Å². The number of methoxy groups -OCH3 is 2. The van der Waals surface area contributed by atoms with E-state index in [9.17, 15) is 9.59 Å². The van der Waals surface area contributed by atoms with Crippen LogP contribution in [0.1, 0.15) is 38.2 Å². The van der Waals surface area contributed by atoms with Gasteiger partial charge in [-0.05, 0) is 48.4 Å². The number of esters is 2. The van der Waals surface area contributed by atoms with Gasteiger partial charge in [0.25, 0.3) is 0 Å². The van der Waals surface area contributed by atoms with Crippen LogP contribution in [0, 0.1) is 11.8 Å². The first kappa shape index (κ1) is 19.0. The summed E-state index contributed by atoms with van der Waals surface area (Å²) in [5.41, 5.74) is 0.555. The van der Waals surface area contributed by atoms with Crippen molar-refractivity contribution in [3.63, 3.8) is 0 Å². The zero-order chi connectivity index (χ0) is 18.2. The lowest BCUT2D eigenvalue weighted by atomic mass is 9.83. The second kappa shape index (κ2) is 9.25. The van der Waals surface area contributed by atoms with E-state index in [1.165, 1.54) is 46.0 Å². The first-order chi connectivity index (χ1) is 12.0. The molecule has 5 heteroatoms. The Kier molecular flexibility index (Phi) is 7.04. The Morgan fingerprint density at radius 2 is 1.56 bits per heavy atom. The van der Waals surface area contributed by atoms with Gasteiger partial charge in [-0.3, -0.25) is 0 Å². The standard InChI is InChI=1S/C20H26O5/c1-14-4-6-16(7-5-14)13-25-17-10-8-15(9-11-17)12-18(19(21)23-2)20(22)24-3/h8-12,14,16H,4-7,13H2,1-3H3. The fourth-order valence-corrected chi connectivity index (χ4v) is 2.96. The smallest absolute Gasteiger partial charge is 0.345 e. The molecule has 0 aliphatic heterocycles. The molecule has 1 saturated carbocycles. The zero-order valence-electron chi connectivity index (χ0n) is 15.1. The number of carbonyl (C=O) groups excluding carboxylic acids is 2. The minimum Gasteiger partial charge on any atom is -0.493 e. The second-order valence-corrected chi connectivity index (χ2v) is 6.55. The molecule has 1 aromatic rings. The van der Waals surface area contributed by atoms with E-state index in [-0.39, 0.29) is 5.57 Å². The topological polar surface area (TPSA) is 61.8 Å². The summed E-state index contributed by atoms with van der Waals surface area (Å²) in [4.78, 5) is 23.3. The number of hydrogen-bond donors (Lipinski definition) is 0. The Morgan fingerprint density at radius 3 is 2.08 bits per heavy atom. The quantitative estimate of drug-likeness (QED) is 0.341. The Labute approximate surface area is 149 Å². The van der Waals surface area contributed by atoms with E-state index in [1.54, 1.807) is 12.1 Å². The van der Waals surface area contributed by atoms with E-state index in [0.717, 1.165) is 18.3 Å². The van der Waals surface area contributed by atoms with Crippen LogP contribution in [0.3, 0.4) is 0 Å². The molecular formula is C20H26O5. The molecule has 0 heterocycles. The molecule has 0 unspecified atom stereocenters. The van der Waals surface area contributed by atoms with Crippen molar-refractivity contribution < 1.29 is 23.8 Å². The minimum absolute atomic E-state index is 0.144. The number of rotatable bonds is 6. The molecule has 0 N–H and O–H groups in total. The molecule has 0 radical (unpaired) electrons. The number of carbonyl (C=O) groups is 2. The highest BCUT2D eigenvalue weighted by Gasteiger charge is 2.20. The third-order valence-corrected chi connectivity index (χ3v) is 4.62. The predicted molar refractivity (Wildman–Crippen MR) is 95.1 cm³/mol. The van der Waals surface area contributed by atoms with Crippen molar-refractivity contribution in [2.75, 3.05) is 20.8 Å². The highest BCUT2D eigenvalue weighted by atomic mass is 16.5. The molecular weight excluding hydrogens is 320 g/mol. The van der Waals surface area contributed by atoms with Gasteiger partial charge in [-0.15, -0.1) is 0 Å². The van der Waals surface area contributed by atoms with Crippen LogP contribution >= 0.6 is 0 Å². The lowest BCUT2D eigenvalue weighted by Crippen LogP contribution is -2.18. The Balaban J connectivity index is 1.97. The highest BCUT2D eigenvalue weighted by molar-refractivity contribution is 6.17. The van der Waals surface area contributed by atoms with E-state index < -0.39 is 11.9 Å². The summed E-state index contributed by atoms with van der Waals surface area (Å²) in [7, 11) is 2.45. The number of benzene rings is 1. The molecule has 0 saturated heterocycles. The molecule has 136 valence electrons. The summed E-state index contributed by atoms with van der Waals surface area (Å²) in [6.45, 7) is 3.04. The maximum absolute atomic E-state index is 11.7. The van der Waals surface area contributed by atoms with Crippen molar-refractivity contribution in [1.29, 1.82) is 0 Å². The monoisotopic (exact) mass is 346 g/mol. The van der Waals surface area contributed by atoms with Crippen LogP contribution < -0.4 is 4.74 Å². The maximum Gasteiger partial charge on any atom is 0.345 e. The van der Waals surface area contributed by atoms with Crippen molar-refractivity contribution in [2.24, 2.45) is 11.8 Å². The fraction of sp³-hybridized carbons (Fsp3) is 0.500. The van der Waals surface area contributed by atoms with E-state index in [1.807, 2.05) is 12.1 Å². The van der Waals surface area contributed by atoms with Crippen LogP contribution in [-0.4, -0.2) is 32.8 Å². The summed E-state index contributed by atoms with van der Waals surface area (Å²) in [5, 5.41) is 0. The van der Waals surface area contributed by atoms with Crippen LogP contribution in [0.25, 0.3) is 6.08 Å². The SMILES string of the molecule is COC(=O)C(=Cc1ccc(OCC2CCC(C)CC2)cc1)C(=O)OC. The van der Waals surface area contributed by atoms with Crippen molar-refractivity contribution >= 4 is 18.0 Å². The Hall–Kier alpha value is -2.30. The average Bonchev–Trinajstić information content (AvgIpc) is 2.65. The molecule has 1 aliphatic carbocycles. The van der Waals surface area contributed by atoms with Gasteiger partial charge in [-0.2, -0.15) is 0 Å². The zero-order valence-corrected chi connectivity index (χ0v) is 15.1. The van der Waals surface area contributed by atoms with Gasteiger partial charge in [-0.1, -0.05) is 31.9 Å². The molecule has 0 atom stereocenters. The van der Waals surface area contributed by atoms with E-state index in [4.69, 9.17) is 4.74 Å². The van der Waals surface area contributed by atoms with E-state index in [2.05, 4.69) is 16.4 Å². The van der Waals surface area contributed by atoms with Crippen molar-refractivity contribution in [3.05, 3.63) is 35.4 Å². The fourth-order valence-electron chi connectivity index (χ4n) is 2.96. The predicted octanol–water partition coefficient (Wildman–Crippen LogP) is 3.62. The lowest BCUT2D eigenvalue weighted by Gasteiger charge is -2.26. The van der Waals surface area contributed by atoms with Crippen molar-refractivity contribution in [2.45, 2.75) is 32.6 Å².